The molecule has 0 radical (unpaired) electrons. The molecule has 2 fully saturated rings. The minimum absolute atomic E-state index is 0.171. The zero-order chi connectivity index (χ0) is 17.1. The summed E-state index contributed by atoms with van der Waals surface area (Å²) >= 11 is 7.29. The molecule has 5 nitrogen and oxygen atoms in total. The standard InChI is InChI=1S/C17H23N3O2S2/c1-12-11-22-17(21)20(12)13-7-9-19(10-8-13)16(23)18-14-5-3-4-6-15(14)24-2/h3-6,12-13H,7-11H2,1-2H3,(H,18,23). The Morgan fingerprint density at radius 1 is 1.33 bits per heavy atom. The summed E-state index contributed by atoms with van der Waals surface area (Å²) in [5, 5.41) is 4.12. The van der Waals surface area contributed by atoms with Gasteiger partial charge in [-0.15, -0.1) is 11.8 Å². The third kappa shape index (κ3) is 3.62. The van der Waals surface area contributed by atoms with E-state index in [1.54, 1.807) is 11.8 Å². The van der Waals surface area contributed by atoms with Crippen LogP contribution in [-0.2, 0) is 4.74 Å². The van der Waals surface area contributed by atoms with Gasteiger partial charge in [-0.3, -0.25) is 4.90 Å². The summed E-state index contributed by atoms with van der Waals surface area (Å²) in [5.41, 5.74) is 1.05. The van der Waals surface area contributed by atoms with Crippen molar-refractivity contribution in [2.24, 2.45) is 0 Å². The van der Waals surface area contributed by atoms with Crippen molar-refractivity contribution >= 4 is 40.9 Å². The number of hydrogen-bond donors (Lipinski definition) is 1. The first-order chi connectivity index (χ1) is 11.6. The fourth-order valence-corrected chi connectivity index (χ4v) is 4.17. The average molecular weight is 366 g/mol. The molecule has 2 saturated heterocycles. The van der Waals surface area contributed by atoms with E-state index >= 15 is 0 Å². The molecule has 2 heterocycles. The van der Waals surface area contributed by atoms with Crippen LogP contribution in [0.4, 0.5) is 10.5 Å². The smallest absolute Gasteiger partial charge is 0.410 e. The van der Waals surface area contributed by atoms with Gasteiger partial charge in [0, 0.05) is 24.0 Å². The summed E-state index contributed by atoms with van der Waals surface area (Å²) in [6, 6.07) is 8.61. The highest BCUT2D eigenvalue weighted by Crippen LogP contribution is 2.27. The number of thiocarbonyl (C=S) groups is 1. The summed E-state index contributed by atoms with van der Waals surface area (Å²) in [7, 11) is 0. The lowest BCUT2D eigenvalue weighted by Crippen LogP contribution is -2.49. The summed E-state index contributed by atoms with van der Waals surface area (Å²) in [5.74, 6) is 0. The monoisotopic (exact) mass is 365 g/mol. The largest absolute Gasteiger partial charge is 0.447 e. The minimum Gasteiger partial charge on any atom is -0.447 e. The molecule has 24 heavy (non-hydrogen) atoms. The fourth-order valence-electron chi connectivity index (χ4n) is 3.32. The number of carbonyl (C=O) groups excluding carboxylic acids is 1. The maximum Gasteiger partial charge on any atom is 0.410 e. The Balaban J connectivity index is 1.56. The lowest BCUT2D eigenvalue weighted by atomic mass is 10.0. The first kappa shape index (κ1) is 17.4. The van der Waals surface area contributed by atoms with E-state index in [1.165, 1.54) is 4.90 Å². The van der Waals surface area contributed by atoms with Crippen LogP contribution in [0.15, 0.2) is 29.2 Å². The van der Waals surface area contributed by atoms with Crippen LogP contribution in [0.2, 0.25) is 0 Å². The predicted molar refractivity (Wildman–Crippen MR) is 102 cm³/mol. The molecule has 1 aromatic carbocycles. The Morgan fingerprint density at radius 3 is 2.67 bits per heavy atom. The SMILES string of the molecule is CSc1ccccc1NC(=S)N1CCC(N2C(=O)OCC2C)CC1. The van der Waals surface area contributed by atoms with E-state index in [1.807, 2.05) is 30.0 Å². The number of thioether (sulfide) groups is 1. The molecule has 3 rings (SSSR count). The van der Waals surface area contributed by atoms with Crippen LogP contribution in [0.3, 0.4) is 0 Å². The first-order valence-corrected chi connectivity index (χ1v) is 9.87. The molecule has 0 spiro atoms. The third-order valence-electron chi connectivity index (χ3n) is 4.63. The van der Waals surface area contributed by atoms with Crippen molar-refractivity contribution in [2.75, 3.05) is 31.3 Å². The van der Waals surface area contributed by atoms with Crippen LogP contribution in [0.1, 0.15) is 19.8 Å². The maximum absolute atomic E-state index is 11.9. The number of para-hydroxylation sites is 1. The molecule has 2 aliphatic heterocycles. The summed E-state index contributed by atoms with van der Waals surface area (Å²) in [4.78, 5) is 17.1. The van der Waals surface area contributed by atoms with E-state index in [0.717, 1.165) is 36.7 Å². The third-order valence-corrected chi connectivity index (χ3v) is 5.78. The predicted octanol–water partition coefficient (Wildman–Crippen LogP) is 3.41. The molecular formula is C17H23N3O2S2. The Morgan fingerprint density at radius 2 is 2.04 bits per heavy atom. The van der Waals surface area contributed by atoms with Gasteiger partial charge in [0.2, 0.25) is 0 Å². The Kier molecular flexibility index (Phi) is 5.50. The fraction of sp³-hybridized carbons (Fsp3) is 0.529. The van der Waals surface area contributed by atoms with Gasteiger partial charge in [-0.2, -0.15) is 0 Å². The Hall–Kier alpha value is -1.47. The number of piperidine rings is 1. The van der Waals surface area contributed by atoms with Crippen LogP contribution in [0.5, 0.6) is 0 Å². The number of anilines is 1. The van der Waals surface area contributed by atoms with Crippen molar-refractivity contribution in [2.45, 2.75) is 36.7 Å². The van der Waals surface area contributed by atoms with Crippen molar-refractivity contribution < 1.29 is 9.53 Å². The lowest BCUT2D eigenvalue weighted by molar-refractivity contribution is 0.125. The number of benzene rings is 1. The molecule has 1 N–H and O–H groups in total. The second kappa shape index (κ2) is 7.61. The van der Waals surface area contributed by atoms with Crippen LogP contribution in [0, 0.1) is 0 Å². The van der Waals surface area contributed by atoms with Gasteiger partial charge in [-0.1, -0.05) is 12.1 Å². The molecule has 130 valence electrons. The van der Waals surface area contributed by atoms with Crippen molar-refractivity contribution in [3.8, 4) is 0 Å². The summed E-state index contributed by atoms with van der Waals surface area (Å²) in [6.07, 6.45) is 3.73. The van der Waals surface area contributed by atoms with Gasteiger partial charge in [0.15, 0.2) is 5.11 Å². The second-order valence-electron chi connectivity index (χ2n) is 6.18. The van der Waals surface area contributed by atoms with Crippen LogP contribution >= 0.6 is 24.0 Å². The molecule has 0 saturated carbocycles. The maximum atomic E-state index is 11.9. The number of likely N-dealkylation sites (tertiary alicyclic amines) is 1. The van der Waals surface area contributed by atoms with Gasteiger partial charge < -0.3 is 15.0 Å². The van der Waals surface area contributed by atoms with Crippen molar-refractivity contribution in [3.05, 3.63) is 24.3 Å². The molecule has 1 aromatic rings. The van der Waals surface area contributed by atoms with Crippen LogP contribution < -0.4 is 5.32 Å². The number of nitrogens with zero attached hydrogens (tertiary/aromatic N) is 2. The molecule has 7 heteroatoms. The van der Waals surface area contributed by atoms with Gasteiger partial charge in [-0.05, 0) is 50.4 Å². The van der Waals surface area contributed by atoms with E-state index < -0.39 is 0 Å². The molecule has 0 aromatic heterocycles. The normalized spacial score (nSPS) is 21.8. The van der Waals surface area contributed by atoms with E-state index in [-0.39, 0.29) is 18.2 Å². The van der Waals surface area contributed by atoms with E-state index in [4.69, 9.17) is 17.0 Å². The molecular weight excluding hydrogens is 342 g/mol. The van der Waals surface area contributed by atoms with Crippen molar-refractivity contribution in [1.82, 2.24) is 9.80 Å². The van der Waals surface area contributed by atoms with Crippen molar-refractivity contribution in [1.29, 1.82) is 0 Å². The van der Waals surface area contributed by atoms with E-state index in [0.29, 0.717) is 6.61 Å². The number of amides is 1. The Labute approximate surface area is 152 Å². The molecule has 2 aliphatic rings. The van der Waals surface area contributed by atoms with Gasteiger partial charge in [-0.25, -0.2) is 4.79 Å². The lowest BCUT2D eigenvalue weighted by Gasteiger charge is -2.38. The average Bonchev–Trinajstić information content (AvgIpc) is 2.94. The number of rotatable bonds is 3. The highest BCUT2D eigenvalue weighted by Gasteiger charge is 2.37. The number of hydrogen-bond acceptors (Lipinski definition) is 4. The molecule has 1 amide bonds. The van der Waals surface area contributed by atoms with Gasteiger partial charge in [0.25, 0.3) is 0 Å². The summed E-state index contributed by atoms with van der Waals surface area (Å²) in [6.45, 7) is 4.26. The number of cyclic esters (lactones) is 1. The topological polar surface area (TPSA) is 44.8 Å². The quantitative estimate of drug-likeness (QED) is 0.654. The molecule has 1 atom stereocenters. The Bertz CT molecular complexity index is 618. The number of carbonyl (C=O) groups is 1. The van der Waals surface area contributed by atoms with Gasteiger partial charge >= 0.3 is 6.09 Å². The van der Waals surface area contributed by atoms with Crippen LogP contribution in [0.25, 0.3) is 0 Å². The molecule has 0 bridgehead atoms. The van der Waals surface area contributed by atoms with Crippen LogP contribution in [-0.4, -0.2) is 59.0 Å². The zero-order valence-electron chi connectivity index (χ0n) is 14.0. The van der Waals surface area contributed by atoms with E-state index in [2.05, 4.69) is 22.5 Å². The molecule has 1 unspecified atom stereocenters. The summed E-state index contributed by atoms with van der Waals surface area (Å²) < 4.78 is 5.14. The van der Waals surface area contributed by atoms with Crippen molar-refractivity contribution in [3.63, 3.8) is 0 Å². The van der Waals surface area contributed by atoms with Gasteiger partial charge in [0.1, 0.15) is 6.61 Å². The number of ether oxygens (including phenoxy) is 1. The minimum atomic E-state index is -0.171. The highest BCUT2D eigenvalue weighted by molar-refractivity contribution is 7.98. The van der Waals surface area contributed by atoms with Gasteiger partial charge in [0.05, 0.1) is 11.7 Å². The zero-order valence-corrected chi connectivity index (χ0v) is 15.7. The van der Waals surface area contributed by atoms with E-state index in [9.17, 15) is 4.79 Å². The number of nitrogens with one attached hydrogen (secondary N) is 1. The molecule has 0 aliphatic carbocycles. The highest BCUT2D eigenvalue weighted by atomic mass is 32.2. The first-order valence-electron chi connectivity index (χ1n) is 8.24. The second-order valence-corrected chi connectivity index (χ2v) is 7.42.